The SMILES string of the molecule is CC(O)c1ccccc1NC1CCN(C2CC2)C1. The number of likely N-dealkylation sites (tertiary alicyclic amines) is 1. The maximum atomic E-state index is 9.78. The molecule has 2 atom stereocenters. The van der Waals surface area contributed by atoms with Gasteiger partial charge in [-0.15, -0.1) is 0 Å². The first-order valence-electron chi connectivity index (χ1n) is 7.01. The van der Waals surface area contributed by atoms with Gasteiger partial charge >= 0.3 is 0 Å². The lowest BCUT2D eigenvalue weighted by Gasteiger charge is -2.19. The molecule has 0 spiro atoms. The third-order valence-electron chi connectivity index (χ3n) is 4.05. The fraction of sp³-hybridized carbons (Fsp3) is 0.600. The molecule has 0 bridgehead atoms. The first kappa shape index (κ1) is 12.0. The van der Waals surface area contributed by atoms with Crippen LogP contribution in [0.4, 0.5) is 5.69 Å². The molecule has 0 amide bonds. The molecule has 1 aliphatic carbocycles. The minimum atomic E-state index is -0.408. The van der Waals surface area contributed by atoms with Gasteiger partial charge in [-0.25, -0.2) is 0 Å². The van der Waals surface area contributed by atoms with Crippen molar-refractivity contribution in [1.82, 2.24) is 4.90 Å². The largest absolute Gasteiger partial charge is 0.389 e. The number of benzene rings is 1. The van der Waals surface area contributed by atoms with Crippen LogP contribution in [0.25, 0.3) is 0 Å². The van der Waals surface area contributed by atoms with Crippen molar-refractivity contribution in [3.05, 3.63) is 29.8 Å². The van der Waals surface area contributed by atoms with Crippen LogP contribution in [-0.4, -0.2) is 35.2 Å². The second-order valence-electron chi connectivity index (χ2n) is 5.62. The van der Waals surface area contributed by atoms with Crippen molar-refractivity contribution < 1.29 is 5.11 Å². The maximum absolute atomic E-state index is 9.78. The Morgan fingerprint density at radius 2 is 2.06 bits per heavy atom. The van der Waals surface area contributed by atoms with E-state index in [1.54, 1.807) is 0 Å². The molecule has 1 heterocycles. The van der Waals surface area contributed by atoms with Crippen molar-refractivity contribution in [2.45, 2.75) is 44.4 Å². The normalized spacial score (nSPS) is 26.2. The first-order chi connectivity index (χ1) is 8.74. The molecular weight excluding hydrogens is 224 g/mol. The summed E-state index contributed by atoms with van der Waals surface area (Å²) in [6.45, 7) is 4.20. The van der Waals surface area contributed by atoms with Gasteiger partial charge in [-0.2, -0.15) is 0 Å². The minimum Gasteiger partial charge on any atom is -0.389 e. The highest BCUT2D eigenvalue weighted by Crippen LogP contribution is 2.31. The molecule has 1 saturated carbocycles. The predicted octanol–water partition coefficient (Wildman–Crippen LogP) is 2.39. The molecule has 1 aromatic carbocycles. The van der Waals surface area contributed by atoms with Crippen LogP contribution >= 0.6 is 0 Å². The van der Waals surface area contributed by atoms with Gasteiger partial charge in [0.1, 0.15) is 0 Å². The van der Waals surface area contributed by atoms with Crippen LogP contribution in [0.1, 0.15) is 37.9 Å². The van der Waals surface area contributed by atoms with Gasteiger partial charge in [-0.3, -0.25) is 4.90 Å². The van der Waals surface area contributed by atoms with Crippen molar-refractivity contribution in [3.8, 4) is 0 Å². The zero-order valence-electron chi connectivity index (χ0n) is 11.0. The van der Waals surface area contributed by atoms with Crippen LogP contribution in [0.2, 0.25) is 0 Å². The van der Waals surface area contributed by atoms with Gasteiger partial charge in [-0.1, -0.05) is 18.2 Å². The maximum Gasteiger partial charge on any atom is 0.0781 e. The number of hydrogen-bond acceptors (Lipinski definition) is 3. The van der Waals surface area contributed by atoms with Crippen LogP contribution in [0.3, 0.4) is 0 Å². The molecule has 0 radical (unpaired) electrons. The predicted molar refractivity (Wildman–Crippen MR) is 73.7 cm³/mol. The summed E-state index contributed by atoms with van der Waals surface area (Å²) in [7, 11) is 0. The number of hydrogen-bond donors (Lipinski definition) is 2. The second kappa shape index (κ2) is 4.90. The Morgan fingerprint density at radius 1 is 1.28 bits per heavy atom. The Morgan fingerprint density at radius 3 is 2.78 bits per heavy atom. The van der Waals surface area contributed by atoms with Crippen LogP contribution in [0.5, 0.6) is 0 Å². The number of aliphatic hydroxyl groups is 1. The quantitative estimate of drug-likeness (QED) is 0.856. The van der Waals surface area contributed by atoms with Gasteiger partial charge in [0, 0.05) is 36.4 Å². The van der Waals surface area contributed by atoms with E-state index >= 15 is 0 Å². The van der Waals surface area contributed by atoms with E-state index in [9.17, 15) is 5.11 Å². The summed E-state index contributed by atoms with van der Waals surface area (Å²) >= 11 is 0. The van der Waals surface area contributed by atoms with Crippen LogP contribution in [0.15, 0.2) is 24.3 Å². The van der Waals surface area contributed by atoms with E-state index in [-0.39, 0.29) is 0 Å². The zero-order chi connectivity index (χ0) is 12.5. The molecule has 3 nitrogen and oxygen atoms in total. The monoisotopic (exact) mass is 246 g/mol. The number of para-hydroxylation sites is 1. The number of rotatable bonds is 4. The molecule has 3 rings (SSSR count). The van der Waals surface area contributed by atoms with Crippen molar-refractivity contribution in [2.24, 2.45) is 0 Å². The standard InChI is InChI=1S/C15H22N2O/c1-11(18)14-4-2-3-5-15(14)16-12-8-9-17(10-12)13-6-7-13/h2-5,11-13,16,18H,6-10H2,1H3. The van der Waals surface area contributed by atoms with E-state index in [2.05, 4.69) is 16.3 Å². The van der Waals surface area contributed by atoms with Crippen molar-refractivity contribution in [3.63, 3.8) is 0 Å². The first-order valence-corrected chi connectivity index (χ1v) is 7.01. The van der Waals surface area contributed by atoms with E-state index in [0.29, 0.717) is 6.04 Å². The van der Waals surface area contributed by atoms with E-state index in [1.165, 1.54) is 25.8 Å². The van der Waals surface area contributed by atoms with Gasteiger partial charge in [0.25, 0.3) is 0 Å². The molecule has 18 heavy (non-hydrogen) atoms. The molecular formula is C15H22N2O. The van der Waals surface area contributed by atoms with E-state index in [0.717, 1.165) is 23.8 Å². The summed E-state index contributed by atoms with van der Waals surface area (Å²) in [4.78, 5) is 2.60. The highest BCUT2D eigenvalue weighted by molar-refractivity contribution is 5.52. The second-order valence-corrected chi connectivity index (χ2v) is 5.62. The van der Waals surface area contributed by atoms with Crippen LogP contribution < -0.4 is 5.32 Å². The van der Waals surface area contributed by atoms with Gasteiger partial charge in [0.05, 0.1) is 6.10 Å². The lowest BCUT2D eigenvalue weighted by molar-refractivity contribution is 0.200. The summed E-state index contributed by atoms with van der Waals surface area (Å²) in [5.41, 5.74) is 2.09. The molecule has 2 fully saturated rings. The summed E-state index contributed by atoms with van der Waals surface area (Å²) in [6.07, 6.45) is 3.58. The summed E-state index contributed by atoms with van der Waals surface area (Å²) in [6, 6.07) is 9.48. The van der Waals surface area contributed by atoms with Gasteiger partial charge in [-0.05, 0) is 32.3 Å². The average Bonchev–Trinajstić information content (AvgIpc) is 3.11. The summed E-state index contributed by atoms with van der Waals surface area (Å²) in [5.74, 6) is 0. The smallest absolute Gasteiger partial charge is 0.0781 e. The van der Waals surface area contributed by atoms with E-state index in [4.69, 9.17) is 0 Å². The van der Waals surface area contributed by atoms with E-state index < -0.39 is 6.10 Å². The fourth-order valence-corrected chi connectivity index (χ4v) is 2.89. The highest BCUT2D eigenvalue weighted by Gasteiger charge is 2.34. The van der Waals surface area contributed by atoms with Crippen molar-refractivity contribution >= 4 is 5.69 Å². The Hall–Kier alpha value is -1.06. The molecule has 3 heteroatoms. The number of nitrogens with one attached hydrogen (secondary N) is 1. The Balaban J connectivity index is 1.65. The lowest BCUT2D eigenvalue weighted by atomic mass is 10.1. The lowest BCUT2D eigenvalue weighted by Crippen LogP contribution is -2.28. The Kier molecular flexibility index (Phi) is 3.27. The van der Waals surface area contributed by atoms with Gasteiger partial charge < -0.3 is 10.4 Å². The number of nitrogens with zero attached hydrogens (tertiary/aromatic N) is 1. The van der Waals surface area contributed by atoms with Crippen molar-refractivity contribution in [2.75, 3.05) is 18.4 Å². The van der Waals surface area contributed by atoms with Crippen molar-refractivity contribution in [1.29, 1.82) is 0 Å². The average molecular weight is 246 g/mol. The van der Waals surface area contributed by atoms with Gasteiger partial charge in [0.2, 0.25) is 0 Å². The number of aliphatic hydroxyl groups excluding tert-OH is 1. The van der Waals surface area contributed by atoms with E-state index in [1.807, 2.05) is 25.1 Å². The number of anilines is 1. The van der Waals surface area contributed by atoms with Gasteiger partial charge in [0.15, 0.2) is 0 Å². The minimum absolute atomic E-state index is 0.408. The molecule has 0 aromatic heterocycles. The van der Waals surface area contributed by atoms with Crippen LogP contribution in [0, 0.1) is 0 Å². The highest BCUT2D eigenvalue weighted by atomic mass is 16.3. The third-order valence-corrected chi connectivity index (χ3v) is 4.05. The molecule has 2 aliphatic rings. The molecule has 1 aliphatic heterocycles. The Bertz CT molecular complexity index is 415. The molecule has 2 unspecified atom stereocenters. The summed E-state index contributed by atoms with van der Waals surface area (Å²) in [5, 5.41) is 13.4. The third kappa shape index (κ3) is 2.52. The Labute approximate surface area is 109 Å². The molecule has 98 valence electrons. The van der Waals surface area contributed by atoms with Crippen LogP contribution in [-0.2, 0) is 0 Å². The molecule has 1 saturated heterocycles. The topological polar surface area (TPSA) is 35.5 Å². The fourth-order valence-electron chi connectivity index (χ4n) is 2.89. The zero-order valence-corrected chi connectivity index (χ0v) is 11.0. The molecule has 1 aromatic rings. The summed E-state index contributed by atoms with van der Waals surface area (Å²) < 4.78 is 0. The molecule has 2 N–H and O–H groups in total.